The first-order valence-electron chi connectivity index (χ1n) is 10.6. The van der Waals surface area contributed by atoms with Gasteiger partial charge in [0.25, 0.3) is 5.91 Å². The van der Waals surface area contributed by atoms with Crippen molar-refractivity contribution in [1.82, 2.24) is 4.57 Å². The minimum absolute atomic E-state index is 0.123. The normalized spacial score (nSPS) is 17.2. The van der Waals surface area contributed by atoms with E-state index in [1.165, 1.54) is 10.1 Å². The van der Waals surface area contributed by atoms with Gasteiger partial charge in [-0.1, -0.05) is 60.7 Å². The van der Waals surface area contributed by atoms with Crippen molar-refractivity contribution in [3.8, 4) is 0 Å². The molecule has 4 aromatic rings. The van der Waals surface area contributed by atoms with E-state index in [2.05, 4.69) is 5.32 Å². The van der Waals surface area contributed by atoms with Gasteiger partial charge in [-0.15, -0.1) is 0 Å². The SMILES string of the molecule is N[C@@H]1C[C@H]1c1ccc(NC(=O)c2cc3ccccc3n2C(=O)OCc2ccccc2)cc1. The summed E-state index contributed by atoms with van der Waals surface area (Å²) in [4.78, 5) is 26.1. The van der Waals surface area contributed by atoms with E-state index >= 15 is 0 Å². The number of nitrogens with one attached hydrogen (secondary N) is 1. The number of fused-ring (bicyclic) bond motifs is 1. The number of anilines is 1. The first-order chi connectivity index (χ1) is 15.6. The summed E-state index contributed by atoms with van der Waals surface area (Å²) < 4.78 is 6.84. The highest BCUT2D eigenvalue weighted by atomic mass is 16.5. The molecule has 1 aliphatic rings. The van der Waals surface area contributed by atoms with Gasteiger partial charge in [0, 0.05) is 23.0 Å². The maximum absolute atomic E-state index is 13.1. The molecular weight excluding hydrogens is 402 g/mol. The number of amides is 1. The zero-order valence-corrected chi connectivity index (χ0v) is 17.4. The summed E-state index contributed by atoms with van der Waals surface area (Å²) in [6.07, 6.45) is 0.398. The van der Waals surface area contributed by atoms with E-state index in [1.54, 1.807) is 12.1 Å². The molecule has 32 heavy (non-hydrogen) atoms. The van der Waals surface area contributed by atoms with Crippen LogP contribution in [0.3, 0.4) is 0 Å². The molecule has 1 aliphatic carbocycles. The van der Waals surface area contributed by atoms with Crippen LogP contribution in [0.15, 0.2) is 84.9 Å². The van der Waals surface area contributed by atoms with Crippen LogP contribution in [0, 0.1) is 0 Å². The molecular formula is C26H23N3O3. The third-order valence-corrected chi connectivity index (χ3v) is 5.77. The molecule has 0 aliphatic heterocycles. The molecule has 3 aromatic carbocycles. The Bertz CT molecular complexity index is 1280. The van der Waals surface area contributed by atoms with E-state index < -0.39 is 6.09 Å². The smallest absolute Gasteiger partial charge is 0.419 e. The van der Waals surface area contributed by atoms with Gasteiger partial charge in [0.15, 0.2) is 0 Å². The van der Waals surface area contributed by atoms with E-state index in [-0.39, 0.29) is 24.2 Å². The number of benzene rings is 3. The van der Waals surface area contributed by atoms with E-state index in [0.29, 0.717) is 17.1 Å². The molecule has 6 nitrogen and oxygen atoms in total. The van der Waals surface area contributed by atoms with Gasteiger partial charge >= 0.3 is 6.09 Å². The van der Waals surface area contributed by atoms with Crippen molar-refractivity contribution < 1.29 is 14.3 Å². The monoisotopic (exact) mass is 425 g/mol. The number of ether oxygens (including phenoxy) is 1. The second-order valence-corrected chi connectivity index (χ2v) is 8.05. The molecule has 2 atom stereocenters. The Morgan fingerprint density at radius 3 is 2.38 bits per heavy atom. The maximum Gasteiger partial charge on any atom is 0.419 e. The summed E-state index contributed by atoms with van der Waals surface area (Å²) >= 11 is 0. The second-order valence-electron chi connectivity index (χ2n) is 8.05. The van der Waals surface area contributed by atoms with Crippen LogP contribution in [0.2, 0.25) is 0 Å². The van der Waals surface area contributed by atoms with Crippen molar-refractivity contribution >= 4 is 28.6 Å². The molecule has 0 spiro atoms. The van der Waals surface area contributed by atoms with Gasteiger partial charge in [-0.2, -0.15) is 0 Å². The third-order valence-electron chi connectivity index (χ3n) is 5.77. The molecule has 3 N–H and O–H groups in total. The van der Waals surface area contributed by atoms with Crippen LogP contribution in [0.1, 0.15) is 34.0 Å². The number of hydrogen-bond acceptors (Lipinski definition) is 4. The van der Waals surface area contributed by atoms with Crippen molar-refractivity contribution in [2.45, 2.75) is 25.0 Å². The van der Waals surface area contributed by atoms with E-state index in [0.717, 1.165) is 17.4 Å². The van der Waals surface area contributed by atoms with Crippen LogP contribution < -0.4 is 11.1 Å². The second kappa shape index (κ2) is 8.32. The molecule has 0 unspecified atom stereocenters. The Kier molecular flexibility index (Phi) is 5.21. The van der Waals surface area contributed by atoms with Crippen LogP contribution in [0.4, 0.5) is 10.5 Å². The first kappa shape index (κ1) is 20.0. The number of hydrogen-bond donors (Lipinski definition) is 2. The summed E-state index contributed by atoms with van der Waals surface area (Å²) in [5.41, 5.74) is 9.46. The number of nitrogens with two attached hydrogens (primary N) is 1. The Morgan fingerprint density at radius 2 is 1.66 bits per heavy atom. The van der Waals surface area contributed by atoms with Gasteiger partial charge < -0.3 is 15.8 Å². The van der Waals surface area contributed by atoms with Crippen LogP contribution in [0.25, 0.3) is 10.9 Å². The highest BCUT2D eigenvalue weighted by molar-refractivity contribution is 6.09. The molecule has 1 amide bonds. The predicted molar refractivity (Wildman–Crippen MR) is 124 cm³/mol. The topological polar surface area (TPSA) is 86.4 Å². The van der Waals surface area contributed by atoms with Crippen LogP contribution in [-0.4, -0.2) is 22.6 Å². The molecule has 1 aromatic heterocycles. The number of para-hydroxylation sites is 1. The summed E-state index contributed by atoms with van der Waals surface area (Å²) in [7, 11) is 0. The Hall–Kier alpha value is -3.90. The summed E-state index contributed by atoms with van der Waals surface area (Å²) in [5.74, 6) is 0.0235. The molecule has 1 fully saturated rings. The Labute approximate surface area is 185 Å². The minimum Gasteiger partial charge on any atom is -0.444 e. The molecule has 160 valence electrons. The third kappa shape index (κ3) is 4.00. The van der Waals surface area contributed by atoms with E-state index in [1.807, 2.05) is 72.8 Å². The standard InChI is InChI=1S/C26H23N3O3/c27-22-15-21(22)18-10-12-20(13-11-18)28-25(30)24-14-19-8-4-5-9-23(19)29(24)26(31)32-16-17-6-2-1-3-7-17/h1-14,21-22H,15-16,27H2,(H,28,30)/t21-,22+/m0/s1. The molecule has 0 saturated heterocycles. The molecule has 0 bridgehead atoms. The first-order valence-corrected chi connectivity index (χ1v) is 10.6. The summed E-state index contributed by atoms with van der Waals surface area (Å²) in [6, 6.07) is 26.4. The van der Waals surface area contributed by atoms with E-state index in [9.17, 15) is 9.59 Å². The summed E-state index contributed by atoms with van der Waals surface area (Å²) in [5, 5.41) is 3.67. The average molecular weight is 425 g/mol. The van der Waals surface area contributed by atoms with Crippen molar-refractivity contribution in [2.75, 3.05) is 5.32 Å². The summed E-state index contributed by atoms with van der Waals surface area (Å²) in [6.45, 7) is 0.123. The van der Waals surface area contributed by atoms with Gasteiger partial charge in [0.1, 0.15) is 12.3 Å². The van der Waals surface area contributed by atoms with E-state index in [4.69, 9.17) is 10.5 Å². The Balaban J connectivity index is 1.39. The van der Waals surface area contributed by atoms with Crippen molar-refractivity contribution in [2.24, 2.45) is 5.73 Å². The van der Waals surface area contributed by atoms with Gasteiger partial charge in [0.05, 0.1) is 5.52 Å². The molecule has 6 heteroatoms. The number of rotatable bonds is 5. The van der Waals surface area contributed by atoms with Crippen LogP contribution in [-0.2, 0) is 11.3 Å². The quantitative estimate of drug-likeness (QED) is 0.477. The highest BCUT2D eigenvalue weighted by Crippen LogP contribution is 2.39. The molecule has 0 radical (unpaired) electrons. The maximum atomic E-state index is 13.1. The lowest BCUT2D eigenvalue weighted by Crippen LogP contribution is -2.22. The van der Waals surface area contributed by atoms with Gasteiger partial charge in [-0.25, -0.2) is 9.36 Å². The Morgan fingerprint density at radius 1 is 0.969 bits per heavy atom. The fourth-order valence-electron chi connectivity index (χ4n) is 3.91. The van der Waals surface area contributed by atoms with Crippen molar-refractivity contribution in [3.05, 3.63) is 102 Å². The number of nitrogens with zero attached hydrogens (tertiary/aromatic N) is 1. The fraction of sp³-hybridized carbons (Fsp3) is 0.154. The highest BCUT2D eigenvalue weighted by Gasteiger charge is 2.34. The molecule has 1 saturated carbocycles. The zero-order valence-electron chi connectivity index (χ0n) is 17.4. The van der Waals surface area contributed by atoms with Gasteiger partial charge in [-0.05, 0) is 41.8 Å². The number of carbonyl (C=O) groups is 2. The van der Waals surface area contributed by atoms with Crippen LogP contribution in [0.5, 0.6) is 0 Å². The minimum atomic E-state index is -0.599. The fourth-order valence-corrected chi connectivity index (χ4v) is 3.91. The molecule has 5 rings (SSSR count). The lowest BCUT2D eigenvalue weighted by atomic mass is 10.1. The lowest BCUT2D eigenvalue weighted by Gasteiger charge is -2.11. The predicted octanol–water partition coefficient (Wildman–Crippen LogP) is 4.89. The van der Waals surface area contributed by atoms with Crippen molar-refractivity contribution in [1.29, 1.82) is 0 Å². The average Bonchev–Trinajstić information content (AvgIpc) is 3.42. The van der Waals surface area contributed by atoms with Gasteiger partial charge in [0.2, 0.25) is 0 Å². The zero-order chi connectivity index (χ0) is 22.1. The largest absolute Gasteiger partial charge is 0.444 e. The lowest BCUT2D eigenvalue weighted by molar-refractivity contribution is 0.101. The van der Waals surface area contributed by atoms with Crippen molar-refractivity contribution in [3.63, 3.8) is 0 Å². The van der Waals surface area contributed by atoms with Gasteiger partial charge in [-0.3, -0.25) is 4.79 Å². The number of carbonyl (C=O) groups excluding carboxylic acids is 2. The van der Waals surface area contributed by atoms with Crippen LogP contribution >= 0.6 is 0 Å². The number of aromatic nitrogens is 1. The molecule has 1 heterocycles.